The molecular weight excluding hydrogens is 350 g/mol. The first-order valence-corrected chi connectivity index (χ1v) is 7.49. The summed E-state index contributed by atoms with van der Waals surface area (Å²) in [5, 5.41) is 0. The lowest BCUT2D eigenvalue weighted by Gasteiger charge is -2.08. The zero-order valence-corrected chi connectivity index (χ0v) is 13.9. The number of ketones is 1. The number of nitrogens with zero attached hydrogens (tertiary/aromatic N) is 1. The molecule has 116 valence electrons. The third-order valence-corrected chi connectivity index (χ3v) is 3.50. The fraction of sp³-hybridized carbons (Fsp3) is 0.250. The summed E-state index contributed by atoms with van der Waals surface area (Å²) in [6.07, 6.45) is 1.61. The Kier molecular flexibility index (Phi) is 5.38. The molecule has 0 amide bonds. The van der Waals surface area contributed by atoms with Gasteiger partial charge in [0.2, 0.25) is 0 Å². The molecular formula is C16H16BrNO4. The fourth-order valence-corrected chi connectivity index (χ4v) is 2.26. The highest BCUT2D eigenvalue weighted by molar-refractivity contribution is 9.10. The van der Waals surface area contributed by atoms with Crippen LogP contribution in [0.15, 0.2) is 41.0 Å². The Balaban J connectivity index is 1.84. The van der Waals surface area contributed by atoms with Gasteiger partial charge < -0.3 is 14.0 Å². The summed E-state index contributed by atoms with van der Waals surface area (Å²) in [5.41, 5.74) is 0.826. The highest BCUT2D eigenvalue weighted by atomic mass is 79.9. The van der Waals surface area contributed by atoms with E-state index in [2.05, 4.69) is 15.9 Å². The van der Waals surface area contributed by atoms with Gasteiger partial charge in [0.1, 0.15) is 24.7 Å². The van der Waals surface area contributed by atoms with E-state index < -0.39 is 5.97 Å². The van der Waals surface area contributed by atoms with Crippen LogP contribution in [0.2, 0.25) is 0 Å². The standard InChI is InChI=1S/C16H16BrNO4/c1-11(19)12-8-15(18(2)10-12)16(20)22-7-6-21-14-5-3-4-13(17)9-14/h3-5,8-10H,6-7H2,1-2H3. The summed E-state index contributed by atoms with van der Waals surface area (Å²) >= 11 is 3.35. The van der Waals surface area contributed by atoms with E-state index >= 15 is 0 Å². The van der Waals surface area contributed by atoms with Crippen molar-refractivity contribution < 1.29 is 19.1 Å². The quantitative estimate of drug-likeness (QED) is 0.448. The van der Waals surface area contributed by atoms with Crippen molar-refractivity contribution in [2.45, 2.75) is 6.92 Å². The molecule has 6 heteroatoms. The van der Waals surface area contributed by atoms with Crippen molar-refractivity contribution in [1.29, 1.82) is 0 Å². The van der Waals surface area contributed by atoms with Gasteiger partial charge in [-0.1, -0.05) is 22.0 Å². The van der Waals surface area contributed by atoms with Crippen LogP contribution in [-0.4, -0.2) is 29.5 Å². The second-order valence-corrected chi connectivity index (χ2v) is 5.64. The lowest BCUT2D eigenvalue weighted by molar-refractivity contribution is 0.0439. The minimum absolute atomic E-state index is 0.0902. The molecule has 0 radical (unpaired) electrons. The van der Waals surface area contributed by atoms with Gasteiger partial charge in [-0.25, -0.2) is 4.79 Å². The Morgan fingerprint density at radius 1 is 1.23 bits per heavy atom. The van der Waals surface area contributed by atoms with Gasteiger partial charge in [-0.05, 0) is 31.2 Å². The first-order chi connectivity index (χ1) is 10.5. The molecule has 0 spiro atoms. The van der Waals surface area contributed by atoms with Gasteiger partial charge in [-0.3, -0.25) is 4.79 Å². The maximum absolute atomic E-state index is 11.9. The van der Waals surface area contributed by atoms with E-state index in [0.29, 0.717) is 17.0 Å². The number of rotatable bonds is 6. The summed E-state index contributed by atoms with van der Waals surface area (Å²) in [7, 11) is 1.70. The lowest BCUT2D eigenvalue weighted by atomic mass is 10.2. The van der Waals surface area contributed by atoms with Gasteiger partial charge in [0.05, 0.1) is 0 Å². The monoisotopic (exact) mass is 365 g/mol. The SMILES string of the molecule is CC(=O)c1cc(C(=O)OCCOc2cccc(Br)c2)n(C)c1. The van der Waals surface area contributed by atoms with E-state index in [4.69, 9.17) is 9.47 Å². The number of esters is 1. The normalized spacial score (nSPS) is 10.3. The molecule has 0 N–H and O–H groups in total. The highest BCUT2D eigenvalue weighted by Gasteiger charge is 2.14. The number of carbonyl (C=O) groups excluding carboxylic acids is 2. The van der Waals surface area contributed by atoms with Crippen LogP contribution < -0.4 is 4.74 Å². The Labute approximate surface area is 137 Å². The Hall–Kier alpha value is -2.08. The molecule has 5 nitrogen and oxygen atoms in total. The minimum Gasteiger partial charge on any atom is -0.490 e. The molecule has 0 aliphatic rings. The van der Waals surface area contributed by atoms with Crippen molar-refractivity contribution in [1.82, 2.24) is 4.57 Å². The molecule has 0 fully saturated rings. The van der Waals surface area contributed by atoms with Gasteiger partial charge in [0, 0.05) is 23.3 Å². The van der Waals surface area contributed by atoms with Crippen LogP contribution in [-0.2, 0) is 11.8 Å². The zero-order valence-electron chi connectivity index (χ0n) is 12.3. The van der Waals surface area contributed by atoms with Gasteiger partial charge in [0.25, 0.3) is 0 Å². The van der Waals surface area contributed by atoms with Gasteiger partial charge in [0.15, 0.2) is 5.78 Å². The third-order valence-electron chi connectivity index (χ3n) is 3.00. The number of hydrogen-bond donors (Lipinski definition) is 0. The van der Waals surface area contributed by atoms with Gasteiger partial charge >= 0.3 is 5.97 Å². The van der Waals surface area contributed by atoms with Gasteiger partial charge in [-0.15, -0.1) is 0 Å². The maximum atomic E-state index is 11.9. The summed E-state index contributed by atoms with van der Waals surface area (Å²) in [6.45, 7) is 1.84. The lowest BCUT2D eigenvalue weighted by Crippen LogP contribution is -2.14. The van der Waals surface area contributed by atoms with E-state index in [1.54, 1.807) is 17.8 Å². The fourth-order valence-electron chi connectivity index (χ4n) is 1.88. The van der Waals surface area contributed by atoms with Crippen molar-refractivity contribution in [2.75, 3.05) is 13.2 Å². The topological polar surface area (TPSA) is 57.5 Å². The molecule has 0 bridgehead atoms. The molecule has 0 saturated carbocycles. The van der Waals surface area contributed by atoms with Crippen molar-refractivity contribution in [3.63, 3.8) is 0 Å². The molecule has 0 aliphatic heterocycles. The van der Waals surface area contributed by atoms with Crippen LogP contribution in [0.4, 0.5) is 0 Å². The van der Waals surface area contributed by atoms with E-state index in [1.807, 2.05) is 24.3 Å². The number of Topliss-reactive ketones (excluding diaryl/α,β-unsaturated/α-hetero) is 1. The molecule has 0 aliphatic carbocycles. The van der Waals surface area contributed by atoms with Crippen LogP contribution in [0.5, 0.6) is 5.75 Å². The molecule has 1 aromatic carbocycles. The Morgan fingerprint density at radius 2 is 2.00 bits per heavy atom. The average Bonchev–Trinajstić information content (AvgIpc) is 2.86. The first kappa shape index (κ1) is 16.3. The Morgan fingerprint density at radius 3 is 2.64 bits per heavy atom. The maximum Gasteiger partial charge on any atom is 0.355 e. The van der Waals surface area contributed by atoms with Crippen LogP contribution in [0.25, 0.3) is 0 Å². The first-order valence-electron chi connectivity index (χ1n) is 6.70. The number of halogens is 1. The largest absolute Gasteiger partial charge is 0.490 e. The molecule has 1 heterocycles. The average molecular weight is 366 g/mol. The number of benzene rings is 1. The van der Waals surface area contributed by atoms with Crippen LogP contribution in [0, 0.1) is 0 Å². The van der Waals surface area contributed by atoms with E-state index in [0.717, 1.165) is 4.47 Å². The van der Waals surface area contributed by atoms with Gasteiger partial charge in [-0.2, -0.15) is 0 Å². The molecule has 2 aromatic rings. The molecule has 1 aromatic heterocycles. The molecule has 22 heavy (non-hydrogen) atoms. The second kappa shape index (κ2) is 7.26. The van der Waals surface area contributed by atoms with Crippen LogP contribution in [0.3, 0.4) is 0 Å². The number of hydrogen-bond acceptors (Lipinski definition) is 4. The zero-order chi connectivity index (χ0) is 16.1. The van der Waals surface area contributed by atoms with E-state index in [1.165, 1.54) is 13.0 Å². The Bertz CT molecular complexity index is 693. The number of aromatic nitrogens is 1. The van der Waals surface area contributed by atoms with Crippen molar-refractivity contribution in [3.8, 4) is 5.75 Å². The molecule has 2 rings (SSSR count). The summed E-state index contributed by atoms with van der Waals surface area (Å²) in [6, 6.07) is 8.94. The van der Waals surface area contributed by atoms with Crippen molar-refractivity contribution in [2.24, 2.45) is 7.05 Å². The predicted octanol–water partition coefficient (Wildman–Crippen LogP) is 3.23. The van der Waals surface area contributed by atoms with Crippen LogP contribution in [0.1, 0.15) is 27.8 Å². The van der Waals surface area contributed by atoms with E-state index in [-0.39, 0.29) is 19.0 Å². The smallest absolute Gasteiger partial charge is 0.355 e. The van der Waals surface area contributed by atoms with Crippen molar-refractivity contribution in [3.05, 3.63) is 52.3 Å². The summed E-state index contributed by atoms with van der Waals surface area (Å²) in [4.78, 5) is 23.2. The van der Waals surface area contributed by atoms with Crippen molar-refractivity contribution >= 4 is 27.7 Å². The third kappa shape index (κ3) is 4.21. The highest BCUT2D eigenvalue weighted by Crippen LogP contribution is 2.17. The predicted molar refractivity (Wildman–Crippen MR) is 85.3 cm³/mol. The molecule has 0 atom stereocenters. The number of ether oxygens (including phenoxy) is 2. The molecule has 0 unspecified atom stereocenters. The number of aryl methyl sites for hydroxylation is 1. The molecule has 0 saturated heterocycles. The summed E-state index contributed by atoms with van der Waals surface area (Å²) in [5.74, 6) is 0.128. The minimum atomic E-state index is -0.479. The number of carbonyl (C=O) groups is 2. The van der Waals surface area contributed by atoms with E-state index in [9.17, 15) is 9.59 Å². The second-order valence-electron chi connectivity index (χ2n) is 4.72. The van der Waals surface area contributed by atoms with Crippen LogP contribution >= 0.6 is 15.9 Å². The summed E-state index contributed by atoms with van der Waals surface area (Å²) < 4.78 is 13.1.